The number of carbonyl (C=O) groups is 3. The van der Waals surface area contributed by atoms with Gasteiger partial charge in [-0.15, -0.1) is 0 Å². The number of nitrogens with one attached hydrogen (secondary N) is 2. The van der Waals surface area contributed by atoms with Gasteiger partial charge in [0.05, 0.1) is 27.7 Å². The van der Waals surface area contributed by atoms with Crippen molar-refractivity contribution in [2.45, 2.75) is 26.0 Å². The Morgan fingerprint density at radius 3 is 2.56 bits per heavy atom. The molecule has 0 bridgehead atoms. The molecule has 0 saturated carbocycles. The van der Waals surface area contributed by atoms with E-state index in [0.29, 0.717) is 40.5 Å². The first-order valence-electron chi connectivity index (χ1n) is 11.2. The van der Waals surface area contributed by atoms with Crippen LogP contribution in [0.1, 0.15) is 46.4 Å². The average Bonchev–Trinajstić information content (AvgIpc) is 3.50. The summed E-state index contributed by atoms with van der Waals surface area (Å²) >= 11 is 12.4. The number of imidazole rings is 1. The first kappa shape index (κ1) is 25.5. The number of fused-ring (bicyclic) bond motifs is 1. The maximum absolute atomic E-state index is 13.1. The summed E-state index contributed by atoms with van der Waals surface area (Å²) in [5.41, 5.74) is 1.82. The van der Waals surface area contributed by atoms with Crippen LogP contribution in [0.15, 0.2) is 48.6 Å². The maximum atomic E-state index is 13.1. The van der Waals surface area contributed by atoms with Gasteiger partial charge in [-0.3, -0.25) is 9.59 Å². The van der Waals surface area contributed by atoms with Crippen molar-refractivity contribution in [2.75, 3.05) is 19.7 Å². The summed E-state index contributed by atoms with van der Waals surface area (Å²) in [7, 11) is 0. The van der Waals surface area contributed by atoms with Gasteiger partial charge in [0.1, 0.15) is 18.5 Å². The number of hydrogen-bond donors (Lipinski definition) is 2. The van der Waals surface area contributed by atoms with Gasteiger partial charge in [0.25, 0.3) is 11.8 Å². The van der Waals surface area contributed by atoms with Crippen LogP contribution in [0.3, 0.4) is 0 Å². The lowest BCUT2D eigenvalue weighted by atomic mass is 10.1. The quantitative estimate of drug-likeness (QED) is 0.331. The molecule has 0 saturated heterocycles. The van der Waals surface area contributed by atoms with Crippen LogP contribution in [0.25, 0.3) is 11.0 Å². The Morgan fingerprint density at radius 2 is 1.86 bits per heavy atom. The fraction of sp³-hybridized carbons (Fsp3) is 0.280. The Bertz CT molecular complexity index is 1330. The van der Waals surface area contributed by atoms with E-state index in [2.05, 4.69) is 15.3 Å². The number of aromatic nitrogens is 2. The minimum atomic E-state index is -0.870. The van der Waals surface area contributed by atoms with E-state index in [4.69, 9.17) is 32.7 Å². The molecule has 2 heterocycles. The summed E-state index contributed by atoms with van der Waals surface area (Å²) in [4.78, 5) is 47.0. The minimum Gasteiger partial charge on any atom is -0.432 e. The molecule has 2 amide bonds. The molecule has 1 aliphatic rings. The highest BCUT2D eigenvalue weighted by Gasteiger charge is 2.24. The third-order valence-electron chi connectivity index (χ3n) is 5.36. The van der Waals surface area contributed by atoms with Gasteiger partial charge in [-0.1, -0.05) is 35.4 Å². The molecule has 0 aliphatic carbocycles. The number of carbonyl (C=O) groups excluding carboxylic acids is 3. The van der Waals surface area contributed by atoms with Gasteiger partial charge in [-0.05, 0) is 50.2 Å². The molecule has 2 N–H and O–H groups in total. The SMILES string of the molecule is CC(C)OC(=O)OCC(NC(=O)c1ccc(C(=O)N2CC=CC2)c(Cl)c1)c1nc2ccc(Cl)cc2[nH]1. The normalized spacial score (nSPS) is 13.8. The number of nitrogens with zero attached hydrogens (tertiary/aromatic N) is 2. The summed E-state index contributed by atoms with van der Waals surface area (Å²) in [6.07, 6.45) is 2.57. The lowest BCUT2D eigenvalue weighted by Gasteiger charge is -2.18. The molecule has 1 aromatic heterocycles. The fourth-order valence-electron chi connectivity index (χ4n) is 3.62. The number of rotatable bonds is 7. The Kier molecular flexibility index (Phi) is 7.81. The Balaban J connectivity index is 1.54. The molecule has 3 aromatic rings. The molecule has 4 rings (SSSR count). The number of ether oxygens (including phenoxy) is 2. The number of amides is 2. The second-order valence-electron chi connectivity index (χ2n) is 8.41. The van der Waals surface area contributed by atoms with Crippen molar-refractivity contribution in [1.82, 2.24) is 20.2 Å². The van der Waals surface area contributed by atoms with Gasteiger partial charge in [-0.2, -0.15) is 0 Å². The van der Waals surface area contributed by atoms with Gasteiger partial charge >= 0.3 is 6.16 Å². The molecule has 1 aliphatic heterocycles. The second kappa shape index (κ2) is 11.0. The van der Waals surface area contributed by atoms with E-state index in [1.807, 2.05) is 12.2 Å². The molecular formula is C25H24Cl2N4O5. The summed E-state index contributed by atoms with van der Waals surface area (Å²) in [6, 6.07) is 8.76. The summed E-state index contributed by atoms with van der Waals surface area (Å²) in [6.45, 7) is 4.18. The lowest BCUT2D eigenvalue weighted by Crippen LogP contribution is -2.33. The number of aromatic amines is 1. The fourth-order valence-corrected chi connectivity index (χ4v) is 4.05. The number of benzene rings is 2. The topological polar surface area (TPSA) is 114 Å². The van der Waals surface area contributed by atoms with Crippen LogP contribution in [0.5, 0.6) is 0 Å². The third kappa shape index (κ3) is 5.98. The second-order valence-corrected chi connectivity index (χ2v) is 9.26. The van der Waals surface area contributed by atoms with Crippen molar-refractivity contribution >= 4 is 52.2 Å². The van der Waals surface area contributed by atoms with Gasteiger partial charge in [0.2, 0.25) is 0 Å². The smallest absolute Gasteiger partial charge is 0.432 e. The Labute approximate surface area is 217 Å². The zero-order valence-electron chi connectivity index (χ0n) is 19.6. The van der Waals surface area contributed by atoms with Gasteiger partial charge in [0, 0.05) is 23.7 Å². The van der Waals surface area contributed by atoms with E-state index in [0.717, 1.165) is 0 Å². The molecule has 36 heavy (non-hydrogen) atoms. The molecule has 188 valence electrons. The van der Waals surface area contributed by atoms with Crippen molar-refractivity contribution in [3.63, 3.8) is 0 Å². The van der Waals surface area contributed by atoms with Crippen LogP contribution in [0.4, 0.5) is 4.79 Å². The van der Waals surface area contributed by atoms with Gasteiger partial charge < -0.3 is 24.7 Å². The van der Waals surface area contributed by atoms with E-state index < -0.39 is 18.1 Å². The molecule has 2 aromatic carbocycles. The standard InChI is InChI=1S/C25H24Cl2N4O5/c1-14(2)36-25(34)35-13-21(22-28-19-8-6-16(26)12-20(19)29-22)30-23(32)15-5-7-17(18(27)11-15)24(33)31-9-3-4-10-31/h3-8,11-12,14,21H,9-10,13H2,1-2H3,(H,28,29)(H,30,32). The monoisotopic (exact) mass is 530 g/mol. The first-order valence-corrected chi connectivity index (χ1v) is 12.0. The van der Waals surface area contributed by atoms with Crippen LogP contribution in [-0.4, -0.2) is 58.6 Å². The molecule has 1 unspecified atom stereocenters. The Hall–Kier alpha value is -3.56. The van der Waals surface area contributed by atoms with Crippen molar-refractivity contribution in [3.8, 4) is 0 Å². The first-order chi connectivity index (χ1) is 17.2. The van der Waals surface area contributed by atoms with Gasteiger partial charge in [-0.25, -0.2) is 9.78 Å². The molecular weight excluding hydrogens is 507 g/mol. The summed E-state index contributed by atoms with van der Waals surface area (Å²) in [5.74, 6) is -0.353. The van der Waals surface area contributed by atoms with E-state index >= 15 is 0 Å². The molecule has 0 fully saturated rings. The lowest BCUT2D eigenvalue weighted by molar-refractivity contribution is 0.0280. The molecule has 1 atom stereocenters. The van der Waals surface area contributed by atoms with E-state index in [-0.39, 0.29) is 29.2 Å². The zero-order valence-corrected chi connectivity index (χ0v) is 21.1. The predicted octanol–water partition coefficient (Wildman–Crippen LogP) is 4.91. The van der Waals surface area contributed by atoms with Crippen molar-refractivity contribution < 1.29 is 23.9 Å². The maximum Gasteiger partial charge on any atom is 0.508 e. The highest BCUT2D eigenvalue weighted by Crippen LogP contribution is 2.23. The highest BCUT2D eigenvalue weighted by atomic mass is 35.5. The zero-order chi connectivity index (χ0) is 25.8. The number of hydrogen-bond acceptors (Lipinski definition) is 6. The van der Waals surface area contributed by atoms with Crippen molar-refractivity contribution in [2.24, 2.45) is 0 Å². The molecule has 0 spiro atoms. The number of H-pyrrole nitrogens is 1. The van der Waals surface area contributed by atoms with Crippen LogP contribution >= 0.6 is 23.2 Å². The van der Waals surface area contributed by atoms with Crippen LogP contribution < -0.4 is 5.32 Å². The van der Waals surface area contributed by atoms with Crippen LogP contribution in [0, 0.1) is 0 Å². The molecule has 9 nitrogen and oxygen atoms in total. The van der Waals surface area contributed by atoms with E-state index in [1.54, 1.807) is 36.9 Å². The summed E-state index contributed by atoms with van der Waals surface area (Å²) in [5, 5.41) is 3.48. The minimum absolute atomic E-state index is 0.159. The molecule has 11 heteroatoms. The highest BCUT2D eigenvalue weighted by molar-refractivity contribution is 6.34. The predicted molar refractivity (Wildman–Crippen MR) is 135 cm³/mol. The Morgan fingerprint density at radius 1 is 1.11 bits per heavy atom. The largest absolute Gasteiger partial charge is 0.508 e. The van der Waals surface area contributed by atoms with Crippen LogP contribution in [0.2, 0.25) is 10.0 Å². The molecule has 0 radical (unpaired) electrons. The van der Waals surface area contributed by atoms with Crippen LogP contribution in [-0.2, 0) is 9.47 Å². The number of halogens is 2. The van der Waals surface area contributed by atoms with Gasteiger partial charge in [0.15, 0.2) is 0 Å². The van der Waals surface area contributed by atoms with Crippen molar-refractivity contribution in [3.05, 3.63) is 75.5 Å². The summed E-state index contributed by atoms with van der Waals surface area (Å²) < 4.78 is 10.2. The van der Waals surface area contributed by atoms with E-state index in [1.165, 1.54) is 18.2 Å². The third-order valence-corrected chi connectivity index (χ3v) is 5.91. The van der Waals surface area contributed by atoms with Crippen molar-refractivity contribution in [1.29, 1.82) is 0 Å². The van der Waals surface area contributed by atoms with E-state index in [9.17, 15) is 14.4 Å². The average molecular weight is 531 g/mol.